The molecule has 0 radical (unpaired) electrons. The molecule has 0 atom stereocenters. The van der Waals surface area contributed by atoms with Gasteiger partial charge in [-0.1, -0.05) is 30.3 Å². The first-order chi connectivity index (χ1) is 10.1. The number of hydrogen-bond acceptors (Lipinski definition) is 3. The molecular weight excluding hydrogens is 394 g/mol. The van der Waals surface area contributed by atoms with E-state index >= 15 is 0 Å². The van der Waals surface area contributed by atoms with Gasteiger partial charge in [0.2, 0.25) is 0 Å². The maximum atomic E-state index is 4.34. The highest BCUT2D eigenvalue weighted by Crippen LogP contribution is 2.23. The summed E-state index contributed by atoms with van der Waals surface area (Å²) in [7, 11) is 2.15. The number of halogens is 2. The van der Waals surface area contributed by atoms with Gasteiger partial charge < -0.3 is 10.2 Å². The van der Waals surface area contributed by atoms with Crippen molar-refractivity contribution in [2.24, 2.45) is 0 Å². The molecule has 0 bridgehead atoms. The molecule has 1 heterocycles. The van der Waals surface area contributed by atoms with Gasteiger partial charge in [-0.2, -0.15) is 0 Å². The Kier molecular flexibility index (Phi) is 6.67. The molecule has 21 heavy (non-hydrogen) atoms. The minimum Gasteiger partial charge on any atom is -0.369 e. The molecule has 0 amide bonds. The lowest BCUT2D eigenvalue weighted by Crippen LogP contribution is -2.21. The number of aromatic nitrogens is 1. The molecule has 2 rings (SSSR count). The predicted octanol–water partition coefficient (Wildman–Crippen LogP) is 4.54. The predicted molar refractivity (Wildman–Crippen MR) is 95.5 cm³/mol. The van der Waals surface area contributed by atoms with E-state index in [1.54, 1.807) is 6.20 Å². The largest absolute Gasteiger partial charge is 0.369 e. The second-order valence-corrected chi connectivity index (χ2v) is 6.76. The normalized spacial score (nSPS) is 10.9. The minimum absolute atomic E-state index is 0.893. The Labute approximate surface area is 143 Å². The van der Waals surface area contributed by atoms with Crippen LogP contribution >= 0.6 is 31.9 Å². The van der Waals surface area contributed by atoms with Gasteiger partial charge in [0.25, 0.3) is 0 Å². The standard InChI is InChI=1S/C16H19Br2N3/c1-21(12-13-6-3-2-4-7-13)9-5-8-19-16-15(18)10-14(17)11-20-16/h2-4,6-7,10-11H,5,8-9,12H2,1H3,(H,19,20). The molecule has 3 nitrogen and oxygen atoms in total. The fraction of sp³-hybridized carbons (Fsp3) is 0.312. The van der Waals surface area contributed by atoms with Crippen molar-refractivity contribution in [2.45, 2.75) is 13.0 Å². The number of hydrogen-bond donors (Lipinski definition) is 1. The van der Waals surface area contributed by atoms with Crippen LogP contribution in [0.4, 0.5) is 5.82 Å². The van der Waals surface area contributed by atoms with Crippen molar-refractivity contribution in [3.63, 3.8) is 0 Å². The second kappa shape index (κ2) is 8.51. The van der Waals surface area contributed by atoms with Crippen molar-refractivity contribution in [1.29, 1.82) is 0 Å². The van der Waals surface area contributed by atoms with Crippen molar-refractivity contribution in [3.05, 3.63) is 57.1 Å². The number of benzene rings is 1. The van der Waals surface area contributed by atoms with Gasteiger partial charge in [-0.25, -0.2) is 4.98 Å². The number of pyridine rings is 1. The molecule has 0 aliphatic rings. The molecular formula is C16H19Br2N3. The molecule has 1 aromatic carbocycles. The lowest BCUT2D eigenvalue weighted by Gasteiger charge is -2.17. The smallest absolute Gasteiger partial charge is 0.140 e. The zero-order valence-electron chi connectivity index (χ0n) is 12.0. The lowest BCUT2D eigenvalue weighted by atomic mass is 10.2. The van der Waals surface area contributed by atoms with Crippen LogP contribution in [0.1, 0.15) is 12.0 Å². The van der Waals surface area contributed by atoms with Gasteiger partial charge in [-0.05, 0) is 63.5 Å². The van der Waals surface area contributed by atoms with E-state index in [0.717, 1.165) is 40.8 Å². The molecule has 5 heteroatoms. The van der Waals surface area contributed by atoms with Crippen molar-refractivity contribution in [2.75, 3.05) is 25.5 Å². The van der Waals surface area contributed by atoms with E-state index in [2.05, 4.69) is 84.4 Å². The van der Waals surface area contributed by atoms with Crippen LogP contribution in [0.15, 0.2) is 51.5 Å². The first-order valence-electron chi connectivity index (χ1n) is 6.92. The minimum atomic E-state index is 0.893. The molecule has 0 saturated heterocycles. The van der Waals surface area contributed by atoms with Crippen molar-refractivity contribution < 1.29 is 0 Å². The van der Waals surface area contributed by atoms with Gasteiger partial charge in [0.15, 0.2) is 0 Å². The Hall–Kier alpha value is -0.910. The summed E-state index contributed by atoms with van der Waals surface area (Å²) in [6, 6.07) is 12.5. The van der Waals surface area contributed by atoms with E-state index in [9.17, 15) is 0 Å². The van der Waals surface area contributed by atoms with Crippen LogP contribution in [0.5, 0.6) is 0 Å². The number of anilines is 1. The summed E-state index contributed by atoms with van der Waals surface area (Å²) >= 11 is 6.91. The van der Waals surface area contributed by atoms with Gasteiger partial charge in [-0.3, -0.25) is 0 Å². The molecule has 0 saturated carbocycles. The number of nitrogens with one attached hydrogen (secondary N) is 1. The molecule has 0 spiro atoms. The van der Waals surface area contributed by atoms with Gasteiger partial charge in [0.05, 0.1) is 4.47 Å². The zero-order valence-corrected chi connectivity index (χ0v) is 15.2. The highest BCUT2D eigenvalue weighted by molar-refractivity contribution is 9.11. The Bertz CT molecular complexity index is 561. The van der Waals surface area contributed by atoms with Crippen LogP contribution in [0.2, 0.25) is 0 Å². The molecule has 0 aliphatic carbocycles. The fourth-order valence-corrected chi connectivity index (χ4v) is 3.20. The monoisotopic (exact) mass is 411 g/mol. The van der Waals surface area contributed by atoms with E-state index in [0.29, 0.717) is 0 Å². The third-order valence-corrected chi connectivity index (χ3v) is 4.15. The molecule has 0 fully saturated rings. The Balaban J connectivity index is 1.69. The molecule has 0 unspecified atom stereocenters. The van der Waals surface area contributed by atoms with Crippen LogP contribution in [0.3, 0.4) is 0 Å². The second-order valence-electron chi connectivity index (χ2n) is 4.99. The summed E-state index contributed by atoms with van der Waals surface area (Å²) in [5, 5.41) is 3.35. The van der Waals surface area contributed by atoms with Crippen molar-refractivity contribution >= 4 is 37.7 Å². The van der Waals surface area contributed by atoms with Crippen LogP contribution in [-0.2, 0) is 6.54 Å². The van der Waals surface area contributed by atoms with Crippen LogP contribution in [0.25, 0.3) is 0 Å². The first kappa shape index (κ1) is 16.5. The Morgan fingerprint density at radius 3 is 2.67 bits per heavy atom. The fourth-order valence-electron chi connectivity index (χ4n) is 2.07. The molecule has 112 valence electrons. The summed E-state index contributed by atoms with van der Waals surface area (Å²) in [5.41, 5.74) is 1.35. The third kappa shape index (κ3) is 5.77. The van der Waals surface area contributed by atoms with Crippen molar-refractivity contribution in [1.82, 2.24) is 9.88 Å². The van der Waals surface area contributed by atoms with Crippen LogP contribution < -0.4 is 5.32 Å². The Morgan fingerprint density at radius 1 is 1.19 bits per heavy atom. The van der Waals surface area contributed by atoms with E-state index in [1.807, 2.05) is 6.07 Å². The Morgan fingerprint density at radius 2 is 1.95 bits per heavy atom. The zero-order chi connectivity index (χ0) is 15.1. The lowest BCUT2D eigenvalue weighted by molar-refractivity contribution is 0.325. The van der Waals surface area contributed by atoms with Gasteiger partial charge in [0.1, 0.15) is 5.82 Å². The average Bonchev–Trinajstić information content (AvgIpc) is 2.46. The molecule has 1 N–H and O–H groups in total. The first-order valence-corrected chi connectivity index (χ1v) is 8.51. The van der Waals surface area contributed by atoms with E-state index in [-0.39, 0.29) is 0 Å². The summed E-state index contributed by atoms with van der Waals surface area (Å²) < 4.78 is 1.96. The van der Waals surface area contributed by atoms with Gasteiger partial charge in [0, 0.05) is 23.8 Å². The number of rotatable bonds is 7. The van der Waals surface area contributed by atoms with Gasteiger partial charge >= 0.3 is 0 Å². The summed E-state index contributed by atoms with van der Waals surface area (Å²) in [5.74, 6) is 0.893. The molecule has 0 aliphatic heterocycles. The highest BCUT2D eigenvalue weighted by Gasteiger charge is 2.03. The van der Waals surface area contributed by atoms with Crippen LogP contribution in [-0.4, -0.2) is 30.0 Å². The molecule has 1 aromatic heterocycles. The number of nitrogens with zero attached hydrogens (tertiary/aromatic N) is 2. The molecule has 2 aromatic rings. The van der Waals surface area contributed by atoms with E-state index in [4.69, 9.17) is 0 Å². The quantitative estimate of drug-likeness (QED) is 0.676. The maximum Gasteiger partial charge on any atom is 0.140 e. The van der Waals surface area contributed by atoms with Gasteiger partial charge in [-0.15, -0.1) is 0 Å². The average molecular weight is 413 g/mol. The topological polar surface area (TPSA) is 28.2 Å². The third-order valence-electron chi connectivity index (χ3n) is 3.11. The van der Waals surface area contributed by atoms with E-state index in [1.165, 1.54) is 5.56 Å². The van der Waals surface area contributed by atoms with Crippen LogP contribution in [0, 0.1) is 0 Å². The summed E-state index contributed by atoms with van der Waals surface area (Å²) in [4.78, 5) is 6.68. The van der Waals surface area contributed by atoms with E-state index < -0.39 is 0 Å². The maximum absolute atomic E-state index is 4.34. The SMILES string of the molecule is CN(CCCNc1ncc(Br)cc1Br)Cc1ccccc1. The highest BCUT2D eigenvalue weighted by atomic mass is 79.9. The summed E-state index contributed by atoms with van der Waals surface area (Å²) in [6.07, 6.45) is 2.88. The van der Waals surface area contributed by atoms with Crippen molar-refractivity contribution in [3.8, 4) is 0 Å². The summed E-state index contributed by atoms with van der Waals surface area (Å²) in [6.45, 7) is 2.95.